The molecule has 1 amide bonds. The fourth-order valence-electron chi connectivity index (χ4n) is 3.88. The maximum Gasteiger partial charge on any atom is 0.254 e. The van der Waals surface area contributed by atoms with Crippen molar-refractivity contribution in [1.29, 1.82) is 0 Å². The van der Waals surface area contributed by atoms with Gasteiger partial charge in [-0.3, -0.25) is 9.69 Å². The normalized spacial score (nSPS) is 15.9. The quantitative estimate of drug-likeness (QED) is 0.547. The molecular formula is C24H22BrFN2O. The van der Waals surface area contributed by atoms with E-state index in [1.807, 2.05) is 11.0 Å². The first-order valence-electron chi connectivity index (χ1n) is 9.71. The van der Waals surface area contributed by atoms with Crippen molar-refractivity contribution < 1.29 is 9.18 Å². The van der Waals surface area contributed by atoms with Crippen molar-refractivity contribution in [1.82, 2.24) is 9.80 Å². The maximum atomic E-state index is 13.5. The zero-order valence-corrected chi connectivity index (χ0v) is 17.6. The summed E-state index contributed by atoms with van der Waals surface area (Å²) >= 11 is 3.51. The smallest absolute Gasteiger partial charge is 0.254 e. The van der Waals surface area contributed by atoms with Gasteiger partial charge in [-0.2, -0.15) is 0 Å². The molecule has 0 aromatic heterocycles. The third-order valence-electron chi connectivity index (χ3n) is 5.34. The molecule has 1 fully saturated rings. The molecule has 148 valence electrons. The van der Waals surface area contributed by atoms with Crippen molar-refractivity contribution in [2.75, 3.05) is 26.2 Å². The Morgan fingerprint density at radius 2 is 1.48 bits per heavy atom. The molecule has 1 aliphatic rings. The lowest BCUT2D eigenvalue weighted by Gasteiger charge is -2.39. The number of benzene rings is 3. The van der Waals surface area contributed by atoms with Crippen LogP contribution in [0.5, 0.6) is 0 Å². The lowest BCUT2D eigenvalue weighted by molar-refractivity contribution is 0.0597. The number of halogens is 2. The number of carbonyl (C=O) groups excluding carboxylic acids is 1. The summed E-state index contributed by atoms with van der Waals surface area (Å²) in [5.74, 6) is -0.488. The summed E-state index contributed by atoms with van der Waals surface area (Å²) in [4.78, 5) is 17.0. The second-order valence-electron chi connectivity index (χ2n) is 7.20. The summed E-state index contributed by atoms with van der Waals surface area (Å²) in [6, 6.07) is 24.9. The maximum absolute atomic E-state index is 13.5. The molecule has 1 heterocycles. The van der Waals surface area contributed by atoms with Gasteiger partial charge in [0, 0.05) is 36.2 Å². The Balaban J connectivity index is 1.52. The second kappa shape index (κ2) is 8.89. The van der Waals surface area contributed by atoms with E-state index < -0.39 is 0 Å². The van der Waals surface area contributed by atoms with E-state index in [-0.39, 0.29) is 17.8 Å². The fourth-order valence-corrected chi connectivity index (χ4v) is 4.15. The molecule has 0 unspecified atom stereocenters. The fraction of sp³-hybridized carbons (Fsp3) is 0.208. The van der Waals surface area contributed by atoms with E-state index in [0.29, 0.717) is 18.7 Å². The highest BCUT2D eigenvalue weighted by atomic mass is 79.9. The Kier molecular flexibility index (Phi) is 6.07. The first kappa shape index (κ1) is 19.8. The van der Waals surface area contributed by atoms with Crippen LogP contribution < -0.4 is 0 Å². The van der Waals surface area contributed by atoms with Gasteiger partial charge in [0.25, 0.3) is 5.91 Å². The van der Waals surface area contributed by atoms with Gasteiger partial charge in [0.1, 0.15) is 5.82 Å². The van der Waals surface area contributed by atoms with Crippen LogP contribution in [0.25, 0.3) is 0 Å². The summed E-state index contributed by atoms with van der Waals surface area (Å²) in [7, 11) is 0. The predicted octanol–water partition coefficient (Wildman–Crippen LogP) is 5.14. The summed E-state index contributed by atoms with van der Waals surface area (Å²) in [6.07, 6.45) is 0. The van der Waals surface area contributed by atoms with E-state index in [0.717, 1.165) is 17.6 Å². The Morgan fingerprint density at radius 1 is 0.828 bits per heavy atom. The van der Waals surface area contributed by atoms with Crippen LogP contribution in [0.2, 0.25) is 0 Å². The highest BCUT2D eigenvalue weighted by Gasteiger charge is 2.28. The summed E-state index contributed by atoms with van der Waals surface area (Å²) in [5, 5.41) is 0. The number of hydrogen-bond donors (Lipinski definition) is 0. The second-order valence-corrected chi connectivity index (χ2v) is 8.12. The molecule has 3 aromatic carbocycles. The first-order valence-corrected chi connectivity index (χ1v) is 10.5. The van der Waals surface area contributed by atoms with Gasteiger partial charge in [0.2, 0.25) is 0 Å². The molecule has 0 bridgehead atoms. The van der Waals surface area contributed by atoms with Crippen LogP contribution in [0.3, 0.4) is 0 Å². The molecule has 5 heteroatoms. The lowest BCUT2D eigenvalue weighted by atomic mass is 9.96. The summed E-state index contributed by atoms with van der Waals surface area (Å²) < 4.78 is 14.5. The van der Waals surface area contributed by atoms with Crippen LogP contribution in [0, 0.1) is 5.82 Å². The average Bonchev–Trinajstić information content (AvgIpc) is 2.76. The number of hydrogen-bond acceptors (Lipinski definition) is 2. The number of rotatable bonds is 4. The number of carbonyl (C=O) groups is 1. The van der Waals surface area contributed by atoms with Crippen molar-refractivity contribution in [3.63, 3.8) is 0 Å². The van der Waals surface area contributed by atoms with Crippen molar-refractivity contribution in [3.05, 3.63) is 106 Å². The van der Waals surface area contributed by atoms with Crippen molar-refractivity contribution in [2.24, 2.45) is 0 Å². The van der Waals surface area contributed by atoms with E-state index in [4.69, 9.17) is 0 Å². The monoisotopic (exact) mass is 452 g/mol. The number of nitrogens with zero attached hydrogens (tertiary/aromatic N) is 2. The van der Waals surface area contributed by atoms with Crippen molar-refractivity contribution >= 4 is 21.8 Å². The standard InChI is InChI=1S/C24H22BrFN2O/c25-21-11-9-19(10-12-21)23(18-5-2-1-3-6-18)27-13-15-28(16-14-27)24(29)20-7-4-8-22(26)17-20/h1-12,17,23H,13-16H2/t23-/m1/s1. The molecular weight excluding hydrogens is 431 g/mol. The zero-order chi connectivity index (χ0) is 20.2. The Morgan fingerprint density at radius 3 is 2.14 bits per heavy atom. The predicted molar refractivity (Wildman–Crippen MR) is 116 cm³/mol. The first-order chi connectivity index (χ1) is 14.1. The van der Waals surface area contributed by atoms with Gasteiger partial charge in [0.15, 0.2) is 0 Å². The van der Waals surface area contributed by atoms with Crippen LogP contribution in [0.4, 0.5) is 4.39 Å². The molecule has 0 spiro atoms. The van der Waals surface area contributed by atoms with E-state index in [9.17, 15) is 9.18 Å². The molecule has 0 saturated carbocycles. The van der Waals surface area contributed by atoms with Crippen LogP contribution in [-0.4, -0.2) is 41.9 Å². The molecule has 0 N–H and O–H groups in total. The molecule has 1 atom stereocenters. The number of amides is 1. The molecule has 0 aliphatic carbocycles. The Labute approximate surface area is 178 Å². The number of piperazine rings is 1. The minimum Gasteiger partial charge on any atom is -0.336 e. The molecule has 0 radical (unpaired) electrons. The summed E-state index contributed by atoms with van der Waals surface area (Å²) in [6.45, 7) is 2.76. The van der Waals surface area contributed by atoms with Gasteiger partial charge in [-0.15, -0.1) is 0 Å². The molecule has 1 aliphatic heterocycles. The molecule has 3 nitrogen and oxygen atoms in total. The van der Waals surface area contributed by atoms with Gasteiger partial charge >= 0.3 is 0 Å². The van der Waals surface area contributed by atoms with Crippen LogP contribution >= 0.6 is 15.9 Å². The van der Waals surface area contributed by atoms with E-state index in [2.05, 4.69) is 69.4 Å². The highest BCUT2D eigenvalue weighted by molar-refractivity contribution is 9.10. The molecule has 29 heavy (non-hydrogen) atoms. The molecule has 1 saturated heterocycles. The minimum absolute atomic E-state index is 0.107. The van der Waals surface area contributed by atoms with E-state index in [1.54, 1.807) is 12.1 Å². The van der Waals surface area contributed by atoms with Crippen molar-refractivity contribution in [3.8, 4) is 0 Å². The Hall–Kier alpha value is -2.50. The molecule has 3 aromatic rings. The Bertz CT molecular complexity index is 970. The van der Waals surface area contributed by atoms with Gasteiger partial charge in [-0.1, -0.05) is 64.5 Å². The van der Waals surface area contributed by atoms with Gasteiger partial charge in [-0.05, 0) is 41.5 Å². The van der Waals surface area contributed by atoms with Gasteiger partial charge in [-0.25, -0.2) is 4.39 Å². The topological polar surface area (TPSA) is 23.6 Å². The zero-order valence-electron chi connectivity index (χ0n) is 16.0. The molecule has 4 rings (SSSR count). The van der Waals surface area contributed by atoms with Crippen LogP contribution in [-0.2, 0) is 0 Å². The van der Waals surface area contributed by atoms with E-state index in [1.165, 1.54) is 23.3 Å². The minimum atomic E-state index is -0.381. The van der Waals surface area contributed by atoms with Crippen molar-refractivity contribution in [2.45, 2.75) is 6.04 Å². The van der Waals surface area contributed by atoms with Gasteiger partial charge in [0.05, 0.1) is 6.04 Å². The van der Waals surface area contributed by atoms with Gasteiger partial charge < -0.3 is 4.90 Å². The van der Waals surface area contributed by atoms with E-state index >= 15 is 0 Å². The lowest BCUT2D eigenvalue weighted by Crippen LogP contribution is -2.49. The van der Waals surface area contributed by atoms with Crippen LogP contribution in [0.15, 0.2) is 83.3 Å². The third-order valence-corrected chi connectivity index (χ3v) is 5.87. The third kappa shape index (κ3) is 4.57. The van der Waals surface area contributed by atoms with Crippen LogP contribution in [0.1, 0.15) is 27.5 Å². The highest BCUT2D eigenvalue weighted by Crippen LogP contribution is 2.30. The summed E-state index contributed by atoms with van der Waals surface area (Å²) in [5.41, 5.74) is 2.87. The SMILES string of the molecule is O=C(c1cccc(F)c1)N1CCN([C@H](c2ccccc2)c2ccc(Br)cc2)CC1. The average molecular weight is 453 g/mol. The largest absolute Gasteiger partial charge is 0.336 e.